The van der Waals surface area contributed by atoms with Crippen molar-refractivity contribution in [3.63, 3.8) is 0 Å². The Kier molecular flexibility index (Phi) is 4.28. The van der Waals surface area contributed by atoms with Crippen molar-refractivity contribution >= 4 is 5.69 Å². The second-order valence-electron chi connectivity index (χ2n) is 5.16. The monoisotopic (exact) mass is 270 g/mol. The molecule has 106 valence electrons. The molecule has 0 spiro atoms. The van der Waals surface area contributed by atoms with Gasteiger partial charge in [0.2, 0.25) is 0 Å². The van der Waals surface area contributed by atoms with Gasteiger partial charge in [-0.15, -0.1) is 0 Å². The molecule has 3 nitrogen and oxygen atoms in total. The lowest BCUT2D eigenvalue weighted by Crippen LogP contribution is -2.26. The smallest absolute Gasteiger partial charge is 0.274 e. The first-order valence-corrected chi connectivity index (χ1v) is 7.18. The van der Waals surface area contributed by atoms with Crippen LogP contribution in [0.3, 0.4) is 0 Å². The van der Waals surface area contributed by atoms with E-state index in [1.54, 1.807) is 10.6 Å². The fourth-order valence-corrected chi connectivity index (χ4v) is 2.34. The summed E-state index contributed by atoms with van der Waals surface area (Å²) < 4.78 is 1.80. The van der Waals surface area contributed by atoms with E-state index < -0.39 is 0 Å². The van der Waals surface area contributed by atoms with Crippen LogP contribution in [0.5, 0.6) is 0 Å². The Morgan fingerprint density at radius 1 is 1.10 bits per heavy atom. The SMILES string of the molecule is CCc1ccc(-c2ccc(N)c(=O)n2C(C)CC)cc1. The first kappa shape index (κ1) is 14.4. The van der Waals surface area contributed by atoms with E-state index in [2.05, 4.69) is 38.1 Å². The predicted molar refractivity (Wildman–Crippen MR) is 84.9 cm³/mol. The molecule has 0 aliphatic carbocycles. The minimum Gasteiger partial charge on any atom is -0.394 e. The van der Waals surface area contributed by atoms with Crippen LogP contribution in [0.2, 0.25) is 0 Å². The molecule has 0 radical (unpaired) electrons. The molecular formula is C17H22N2O. The molecule has 2 N–H and O–H groups in total. The second-order valence-corrected chi connectivity index (χ2v) is 5.16. The Hall–Kier alpha value is -2.03. The molecule has 3 heteroatoms. The normalized spacial score (nSPS) is 12.3. The molecule has 1 aromatic heterocycles. The molecule has 20 heavy (non-hydrogen) atoms. The summed E-state index contributed by atoms with van der Waals surface area (Å²) in [6.07, 6.45) is 1.91. The zero-order valence-electron chi connectivity index (χ0n) is 12.4. The van der Waals surface area contributed by atoms with E-state index in [0.29, 0.717) is 5.69 Å². The Labute approximate surface area is 120 Å². The number of hydrogen-bond acceptors (Lipinski definition) is 2. The van der Waals surface area contributed by atoms with E-state index >= 15 is 0 Å². The van der Waals surface area contributed by atoms with Crippen LogP contribution in [0.15, 0.2) is 41.2 Å². The predicted octanol–water partition coefficient (Wildman–Crippen LogP) is 3.63. The number of benzene rings is 1. The number of anilines is 1. The van der Waals surface area contributed by atoms with Crippen LogP contribution in [-0.2, 0) is 6.42 Å². The Morgan fingerprint density at radius 3 is 2.30 bits per heavy atom. The first-order chi connectivity index (χ1) is 9.58. The van der Waals surface area contributed by atoms with Crippen LogP contribution in [-0.4, -0.2) is 4.57 Å². The molecule has 1 heterocycles. The third-order valence-corrected chi connectivity index (χ3v) is 3.84. The molecule has 0 amide bonds. The number of pyridine rings is 1. The molecule has 2 rings (SSSR count). The highest BCUT2D eigenvalue weighted by Gasteiger charge is 2.13. The quantitative estimate of drug-likeness (QED) is 0.922. The van der Waals surface area contributed by atoms with Crippen molar-refractivity contribution in [3.05, 3.63) is 52.3 Å². The third kappa shape index (κ3) is 2.62. The topological polar surface area (TPSA) is 48.0 Å². The molecule has 1 atom stereocenters. The highest BCUT2D eigenvalue weighted by atomic mass is 16.1. The standard InChI is InChI=1S/C17H22N2O/c1-4-12(3)19-16(11-10-15(18)17(19)20)14-8-6-13(5-2)7-9-14/h6-12H,4-5,18H2,1-3H3. The van der Waals surface area contributed by atoms with Gasteiger partial charge in [-0.25, -0.2) is 0 Å². The minimum absolute atomic E-state index is 0.101. The molecule has 0 saturated heterocycles. The highest BCUT2D eigenvalue weighted by molar-refractivity contribution is 5.62. The van der Waals surface area contributed by atoms with Gasteiger partial charge in [-0.2, -0.15) is 0 Å². The van der Waals surface area contributed by atoms with Crippen molar-refractivity contribution < 1.29 is 0 Å². The number of nitrogens with two attached hydrogens (primary N) is 1. The van der Waals surface area contributed by atoms with Crippen LogP contribution in [0.25, 0.3) is 11.3 Å². The van der Waals surface area contributed by atoms with Gasteiger partial charge in [-0.05, 0) is 43.0 Å². The van der Waals surface area contributed by atoms with Gasteiger partial charge >= 0.3 is 0 Å². The van der Waals surface area contributed by atoms with Gasteiger partial charge in [0.05, 0.1) is 11.4 Å². The van der Waals surface area contributed by atoms with Crippen molar-refractivity contribution in [2.24, 2.45) is 0 Å². The fraction of sp³-hybridized carbons (Fsp3) is 0.353. The molecule has 1 aromatic carbocycles. The fourth-order valence-electron chi connectivity index (χ4n) is 2.34. The maximum atomic E-state index is 12.3. The molecule has 0 aliphatic heterocycles. The maximum Gasteiger partial charge on any atom is 0.274 e. The molecule has 0 saturated carbocycles. The number of hydrogen-bond donors (Lipinski definition) is 1. The summed E-state index contributed by atoms with van der Waals surface area (Å²) >= 11 is 0. The van der Waals surface area contributed by atoms with Crippen molar-refractivity contribution in [2.75, 3.05) is 5.73 Å². The summed E-state index contributed by atoms with van der Waals surface area (Å²) in [6, 6.07) is 12.1. The number of rotatable bonds is 4. The average Bonchev–Trinajstić information content (AvgIpc) is 2.49. The lowest BCUT2D eigenvalue weighted by atomic mass is 10.1. The molecule has 0 fully saturated rings. The summed E-state index contributed by atoms with van der Waals surface area (Å²) in [6.45, 7) is 6.25. The van der Waals surface area contributed by atoms with E-state index in [4.69, 9.17) is 5.73 Å². The van der Waals surface area contributed by atoms with Gasteiger partial charge < -0.3 is 10.3 Å². The number of nitrogen functional groups attached to an aromatic ring is 1. The van der Waals surface area contributed by atoms with Gasteiger partial charge in [0.25, 0.3) is 5.56 Å². The largest absolute Gasteiger partial charge is 0.394 e. The maximum absolute atomic E-state index is 12.3. The van der Waals surface area contributed by atoms with E-state index in [0.717, 1.165) is 24.1 Å². The van der Waals surface area contributed by atoms with Crippen molar-refractivity contribution in [1.29, 1.82) is 0 Å². The summed E-state index contributed by atoms with van der Waals surface area (Å²) in [7, 11) is 0. The first-order valence-electron chi connectivity index (χ1n) is 7.18. The van der Waals surface area contributed by atoms with Crippen LogP contribution >= 0.6 is 0 Å². The van der Waals surface area contributed by atoms with Crippen LogP contribution in [0.4, 0.5) is 5.69 Å². The zero-order valence-corrected chi connectivity index (χ0v) is 12.4. The lowest BCUT2D eigenvalue weighted by Gasteiger charge is -2.19. The molecule has 2 aromatic rings. The molecule has 0 aliphatic rings. The summed E-state index contributed by atoms with van der Waals surface area (Å²) in [5, 5.41) is 0. The number of aryl methyl sites for hydroxylation is 1. The van der Waals surface area contributed by atoms with Gasteiger partial charge in [-0.1, -0.05) is 38.1 Å². The van der Waals surface area contributed by atoms with E-state index in [-0.39, 0.29) is 11.6 Å². The van der Waals surface area contributed by atoms with Crippen molar-refractivity contribution in [1.82, 2.24) is 4.57 Å². The van der Waals surface area contributed by atoms with Crippen LogP contribution < -0.4 is 11.3 Å². The van der Waals surface area contributed by atoms with Crippen molar-refractivity contribution in [3.8, 4) is 11.3 Å². The molecule has 1 unspecified atom stereocenters. The Bertz CT molecular complexity index is 641. The van der Waals surface area contributed by atoms with Gasteiger partial charge in [0.1, 0.15) is 0 Å². The van der Waals surface area contributed by atoms with Crippen LogP contribution in [0, 0.1) is 0 Å². The van der Waals surface area contributed by atoms with E-state index in [9.17, 15) is 4.79 Å². The second kappa shape index (κ2) is 5.95. The van der Waals surface area contributed by atoms with E-state index in [1.165, 1.54) is 5.56 Å². The van der Waals surface area contributed by atoms with E-state index in [1.807, 2.05) is 13.0 Å². The van der Waals surface area contributed by atoms with Crippen LogP contribution in [0.1, 0.15) is 38.8 Å². The summed E-state index contributed by atoms with van der Waals surface area (Å²) in [5.41, 5.74) is 9.26. The molecule has 0 bridgehead atoms. The minimum atomic E-state index is -0.101. The highest BCUT2D eigenvalue weighted by Crippen LogP contribution is 2.23. The number of nitrogens with zero attached hydrogens (tertiary/aromatic N) is 1. The third-order valence-electron chi connectivity index (χ3n) is 3.84. The average molecular weight is 270 g/mol. The van der Waals surface area contributed by atoms with Gasteiger partial charge in [0, 0.05) is 6.04 Å². The molecular weight excluding hydrogens is 248 g/mol. The lowest BCUT2D eigenvalue weighted by molar-refractivity contribution is 0.521. The summed E-state index contributed by atoms with van der Waals surface area (Å²) in [4.78, 5) is 12.3. The van der Waals surface area contributed by atoms with Gasteiger partial charge in [-0.3, -0.25) is 4.79 Å². The number of aromatic nitrogens is 1. The Morgan fingerprint density at radius 2 is 1.75 bits per heavy atom. The summed E-state index contributed by atoms with van der Waals surface area (Å²) in [5.74, 6) is 0. The van der Waals surface area contributed by atoms with Gasteiger partial charge in [0.15, 0.2) is 0 Å². The van der Waals surface area contributed by atoms with Crippen molar-refractivity contribution in [2.45, 2.75) is 39.7 Å². The zero-order chi connectivity index (χ0) is 14.7. The Balaban J connectivity index is 2.60.